The van der Waals surface area contributed by atoms with Crippen molar-refractivity contribution in [3.63, 3.8) is 0 Å². The van der Waals surface area contributed by atoms with Crippen LogP contribution in [0.25, 0.3) is 232 Å². The summed E-state index contributed by atoms with van der Waals surface area (Å²) in [5.74, 6) is 1.77. The van der Waals surface area contributed by atoms with Gasteiger partial charge in [-0.15, -0.1) is 0 Å². The van der Waals surface area contributed by atoms with E-state index >= 15 is 0 Å². The van der Waals surface area contributed by atoms with E-state index in [2.05, 4.69) is 304 Å². The predicted octanol–water partition coefficient (Wildman–Crippen LogP) is 31.9. The maximum atomic E-state index is 9.17. The van der Waals surface area contributed by atoms with Crippen LogP contribution in [0, 0.1) is 17.9 Å². The fourth-order valence-corrected chi connectivity index (χ4v) is 18.7. The van der Waals surface area contributed by atoms with E-state index in [9.17, 15) is 0 Å². The summed E-state index contributed by atoms with van der Waals surface area (Å²) in [6.45, 7) is 7.38. The van der Waals surface area contributed by atoms with Crippen LogP contribution in [0.5, 0.6) is 0 Å². The Morgan fingerprint density at radius 1 is 0.260 bits per heavy atom. The number of fused-ring (bicyclic) bond motifs is 17. The Bertz CT molecular complexity index is 9080. The quantitative estimate of drug-likeness (QED) is 0.0897. The molecule has 9 heteroatoms. The molecule has 0 saturated heterocycles. The van der Waals surface area contributed by atoms with E-state index in [1.165, 1.54) is 88.0 Å². The molecule has 0 amide bonds. The van der Waals surface area contributed by atoms with Gasteiger partial charge < -0.3 is 9.13 Å². The molecule has 25 aromatic rings. The number of benzene rings is 20. The zero-order valence-electron chi connectivity index (χ0n) is 75.6. The minimum Gasteiger partial charge on any atom is -0.309 e. The molecule has 0 fully saturated rings. The maximum Gasteiger partial charge on any atom is 0.187 e. The van der Waals surface area contributed by atoms with Crippen LogP contribution in [0.4, 0.5) is 5.69 Å². The van der Waals surface area contributed by atoms with Gasteiger partial charge in [0.05, 0.1) is 63.7 Å². The van der Waals surface area contributed by atoms with E-state index < -0.39 is 6.04 Å². The van der Waals surface area contributed by atoms with Gasteiger partial charge in [-0.05, 0) is 214 Å². The van der Waals surface area contributed by atoms with Crippen LogP contribution in [0.2, 0.25) is 0 Å². The minimum absolute atomic E-state index is 0.205. The van der Waals surface area contributed by atoms with Gasteiger partial charge in [0, 0.05) is 60.4 Å². The van der Waals surface area contributed by atoms with E-state index in [4.69, 9.17) is 38.6 Å². The molecule has 0 unspecified atom stereocenters. The topological polar surface area (TPSA) is 94.0 Å². The summed E-state index contributed by atoms with van der Waals surface area (Å²) in [5.41, 5.74) is 28.9. The lowest BCUT2D eigenvalue weighted by Crippen LogP contribution is -2.00. The Labute approximate surface area is 763 Å². The molecule has 25 rings (SSSR count). The highest BCUT2D eigenvalue weighted by Gasteiger charge is 2.23. The molecule has 0 bridgehead atoms. The van der Waals surface area contributed by atoms with E-state index in [0.29, 0.717) is 34.3 Å². The van der Waals surface area contributed by atoms with Crippen molar-refractivity contribution >= 4 is 109 Å². The number of aromatic nitrogens is 7. The highest BCUT2D eigenvalue weighted by molar-refractivity contribution is 6.24. The zero-order chi connectivity index (χ0) is 91.6. The van der Waals surface area contributed by atoms with Crippen LogP contribution < -0.4 is 0 Å². The molecule has 0 spiro atoms. The average Bonchev–Trinajstić information content (AvgIpc) is 1.50. The largest absolute Gasteiger partial charge is 0.309 e. The molecule has 0 radical (unpaired) electrons. The third-order valence-corrected chi connectivity index (χ3v) is 24.9. The molecule has 0 aliphatic rings. The van der Waals surface area contributed by atoms with E-state index in [0.717, 1.165) is 110 Å². The first-order valence-corrected chi connectivity index (χ1v) is 43.6. The normalized spacial score (nSPS) is 11.9. The van der Waals surface area contributed by atoms with Gasteiger partial charge in [-0.25, -0.2) is 24.8 Å². The lowest BCUT2D eigenvalue weighted by molar-refractivity contribution is 1.07. The molecule has 5 aromatic heterocycles. The molecular formula is C122H77N9. The summed E-state index contributed by atoms with van der Waals surface area (Å²) < 4.78 is 48.8. The number of rotatable bonds is 12. The highest BCUT2D eigenvalue weighted by Crippen LogP contribution is 2.45. The van der Waals surface area contributed by atoms with E-state index in [1.54, 1.807) is 0 Å². The Hall–Kier alpha value is -18.0. The number of hydrogen-bond donors (Lipinski definition) is 0. The van der Waals surface area contributed by atoms with Gasteiger partial charge in [0.1, 0.15) is 5.65 Å². The predicted molar refractivity (Wildman–Crippen MR) is 543 cm³/mol. The van der Waals surface area contributed by atoms with Crippen molar-refractivity contribution in [2.75, 3.05) is 0 Å². The molecule has 0 atom stereocenters. The molecule has 0 aliphatic carbocycles. The zero-order valence-corrected chi connectivity index (χ0v) is 70.6. The number of nitriles is 1. The SMILES string of the molecule is [2H]c1c([2H])c([2H])c(-c2ccc(-c3ccc4c5ccc6ccccc6c5c5nc6ccccc6n5c4c3)c3ccccc23)c([2H])c1[2H].[C-]#[N+]c1ccc(-c2cc(-c3ccc(-c4ccc(C#N)cc4)cc3)cc(-c3nc(-c4ccccc4)nc(-c4ccccc4)n3)c2)cc1.c1ccc(-c2cccc(-n3c4ccccc4c4cc(-c5ccc6c(c5)c5ccccc5n6-c5ccccc5)ccc43)c2)cc1. The standard InChI is InChI=1S/C42H28N2.C41H25N5.C39H24N2/c1-3-12-29(13-4-1)30-14-11-17-34(26-30)44-40-21-10-8-19-36(40)38-28-32(23-25-42(38)44)31-22-24-41-37(27-31)35-18-7-9-20-39(35)43(41)33-15-5-2-6-16-33;1-43-38-22-20-32(21-23-38)36-24-35(31-18-16-30(17-19-31)29-14-12-28(27-42)13-15-29)25-37(26-36)41-45-39(33-8-4-2-5-9-33)44-40(46-41)34-10-6-3-7-11-34;1-2-10-25(11-3-1)28-22-23-29(32-15-7-6-14-31(28)32)27-19-20-33-34-21-18-26-12-4-5-13-30(26)38(34)39-40-35-16-8-9-17-36(35)41(39)37(33)24-27/h1-28H;2-26H;1-24H/i;;1D,2D,3D,10D,11D. The Morgan fingerprint density at radius 3 is 1.26 bits per heavy atom. The first-order valence-electron chi connectivity index (χ1n) is 46.1. The van der Waals surface area contributed by atoms with E-state index in [1.807, 2.05) is 158 Å². The Morgan fingerprint density at radius 2 is 0.672 bits per heavy atom. The van der Waals surface area contributed by atoms with Crippen molar-refractivity contribution in [3.05, 3.63) is 484 Å². The first kappa shape index (κ1) is 72.3. The van der Waals surface area contributed by atoms with Gasteiger partial charge in [0.2, 0.25) is 0 Å². The maximum absolute atomic E-state index is 9.17. The third-order valence-electron chi connectivity index (χ3n) is 24.9. The van der Waals surface area contributed by atoms with Crippen molar-refractivity contribution in [1.82, 2.24) is 33.5 Å². The molecule has 0 saturated carbocycles. The second-order valence-electron chi connectivity index (χ2n) is 32.6. The smallest absolute Gasteiger partial charge is 0.187 e. The van der Waals surface area contributed by atoms with Gasteiger partial charge in [0.25, 0.3) is 0 Å². The average molecular weight is 1670 g/mol. The molecule has 20 aromatic carbocycles. The summed E-state index contributed by atoms with van der Waals surface area (Å²) >= 11 is 0. The monoisotopic (exact) mass is 1670 g/mol. The van der Waals surface area contributed by atoms with Crippen LogP contribution in [0.3, 0.4) is 0 Å². The lowest BCUT2D eigenvalue weighted by Gasteiger charge is -2.15. The van der Waals surface area contributed by atoms with Crippen LogP contribution in [0.1, 0.15) is 12.4 Å². The molecule has 610 valence electrons. The Balaban J connectivity index is 0.000000115. The summed E-state index contributed by atoms with van der Waals surface area (Å²) in [4.78, 5) is 23.5. The summed E-state index contributed by atoms with van der Waals surface area (Å²) in [7, 11) is 0. The summed E-state index contributed by atoms with van der Waals surface area (Å²) in [6.07, 6.45) is 0. The number of pyridine rings is 1. The fraction of sp³-hybridized carbons (Fsp3) is 0. The second-order valence-corrected chi connectivity index (χ2v) is 32.6. The van der Waals surface area contributed by atoms with Crippen molar-refractivity contribution in [2.24, 2.45) is 0 Å². The van der Waals surface area contributed by atoms with E-state index in [-0.39, 0.29) is 29.7 Å². The Kier molecular flexibility index (Phi) is 18.5. The molecule has 5 heterocycles. The fourth-order valence-electron chi connectivity index (χ4n) is 18.7. The number of para-hydroxylation sites is 5. The first-order chi connectivity index (χ1) is 66.9. The molecule has 131 heavy (non-hydrogen) atoms. The van der Waals surface area contributed by atoms with Crippen molar-refractivity contribution < 1.29 is 6.85 Å². The molecule has 0 aliphatic heterocycles. The van der Waals surface area contributed by atoms with Gasteiger partial charge in [-0.3, -0.25) is 4.40 Å². The number of imidazole rings is 1. The van der Waals surface area contributed by atoms with Gasteiger partial charge >= 0.3 is 0 Å². The van der Waals surface area contributed by atoms with Crippen molar-refractivity contribution in [2.45, 2.75) is 0 Å². The van der Waals surface area contributed by atoms with Crippen LogP contribution in [-0.4, -0.2) is 33.5 Å². The molecular weight excluding hydrogens is 1590 g/mol. The van der Waals surface area contributed by atoms with Crippen molar-refractivity contribution in [3.8, 4) is 129 Å². The number of nitrogens with zero attached hydrogens (tertiary/aromatic N) is 9. The summed E-state index contributed by atoms with van der Waals surface area (Å²) in [5, 5.41) is 21.7. The number of hydrogen-bond acceptors (Lipinski definition) is 5. The summed E-state index contributed by atoms with van der Waals surface area (Å²) in [6, 6.07) is 151. The molecule has 9 nitrogen and oxygen atoms in total. The van der Waals surface area contributed by atoms with Gasteiger partial charge in [-0.1, -0.05) is 358 Å². The minimum atomic E-state index is -0.394. The molecule has 0 N–H and O–H groups in total. The van der Waals surface area contributed by atoms with Crippen LogP contribution >= 0.6 is 0 Å². The second kappa shape index (κ2) is 33.5. The highest BCUT2D eigenvalue weighted by atomic mass is 15.0. The van der Waals surface area contributed by atoms with Gasteiger partial charge in [-0.2, -0.15) is 5.26 Å². The van der Waals surface area contributed by atoms with Crippen LogP contribution in [-0.2, 0) is 0 Å². The van der Waals surface area contributed by atoms with Crippen LogP contribution in [0.15, 0.2) is 467 Å². The van der Waals surface area contributed by atoms with Crippen molar-refractivity contribution in [1.29, 1.82) is 5.26 Å². The third kappa shape index (κ3) is 14.5. The van der Waals surface area contributed by atoms with Gasteiger partial charge in [0.15, 0.2) is 23.2 Å². The lowest BCUT2D eigenvalue weighted by atomic mass is 9.91.